The van der Waals surface area contributed by atoms with Crippen LogP contribution in [-0.4, -0.2) is 40.0 Å². The van der Waals surface area contributed by atoms with E-state index < -0.39 is 5.60 Å². The van der Waals surface area contributed by atoms with Gasteiger partial charge in [0.2, 0.25) is 0 Å². The highest BCUT2D eigenvalue weighted by Gasteiger charge is 2.59. The number of rotatable bonds is 9. The molecule has 0 bridgehead atoms. The fraction of sp³-hybridized carbons (Fsp3) is 0.742. The van der Waals surface area contributed by atoms with Crippen molar-refractivity contribution < 1.29 is 19.0 Å². The summed E-state index contributed by atoms with van der Waals surface area (Å²) in [4.78, 5) is 13.7. The Labute approximate surface area is 221 Å². The molecule has 1 heterocycles. The molecular formula is C31H45FN2O3. The third-order valence-corrected chi connectivity index (χ3v) is 11.0. The van der Waals surface area contributed by atoms with Crippen LogP contribution >= 0.6 is 0 Å². The summed E-state index contributed by atoms with van der Waals surface area (Å²) in [7, 11) is 1.83. The summed E-state index contributed by atoms with van der Waals surface area (Å²) >= 11 is 0. The average Bonchev–Trinajstić information content (AvgIpc) is 3.43. The molecule has 3 fully saturated rings. The fourth-order valence-electron chi connectivity index (χ4n) is 8.80. The van der Waals surface area contributed by atoms with Gasteiger partial charge in [0.05, 0.1) is 24.3 Å². The van der Waals surface area contributed by atoms with E-state index in [-0.39, 0.29) is 34.9 Å². The number of fused-ring (bicyclic) bond motifs is 4. The van der Waals surface area contributed by atoms with Crippen molar-refractivity contribution >= 4 is 16.7 Å². The van der Waals surface area contributed by atoms with Crippen LogP contribution < -0.4 is 0 Å². The number of benzene rings is 1. The normalized spacial score (nSPS) is 35.2. The molecular weight excluding hydrogens is 467 g/mol. The van der Waals surface area contributed by atoms with Gasteiger partial charge in [0.1, 0.15) is 5.82 Å². The van der Waals surface area contributed by atoms with Gasteiger partial charge < -0.3 is 9.84 Å². The van der Waals surface area contributed by atoms with Gasteiger partial charge in [-0.15, -0.1) is 0 Å². The Morgan fingerprint density at radius 3 is 2.81 bits per heavy atom. The van der Waals surface area contributed by atoms with E-state index >= 15 is 0 Å². The van der Waals surface area contributed by atoms with Gasteiger partial charge in [-0.3, -0.25) is 9.48 Å². The minimum Gasteiger partial charge on any atom is -0.390 e. The Morgan fingerprint density at radius 1 is 1.24 bits per heavy atom. The number of aliphatic hydroxyl groups is 1. The summed E-state index contributed by atoms with van der Waals surface area (Å²) in [5.74, 6) is 1.84. The second-order valence-corrected chi connectivity index (χ2v) is 13.1. The molecule has 0 amide bonds. The smallest absolute Gasteiger partial charge is 0.157 e. The maximum Gasteiger partial charge on any atom is 0.157 e. The summed E-state index contributed by atoms with van der Waals surface area (Å²) in [6.45, 7) is 7.45. The molecule has 0 aliphatic heterocycles. The molecule has 6 heteroatoms. The molecule has 1 aromatic heterocycles. The number of aromatic nitrogens is 2. The number of carbonyl (C=O) groups excluding carboxylic acids is 1. The zero-order chi connectivity index (χ0) is 26.4. The van der Waals surface area contributed by atoms with Crippen molar-refractivity contribution in [3.63, 3.8) is 0 Å². The van der Waals surface area contributed by atoms with E-state index in [9.17, 15) is 14.3 Å². The molecule has 0 unspecified atom stereocenters. The van der Waals surface area contributed by atoms with Crippen molar-refractivity contribution in [3.05, 3.63) is 30.2 Å². The molecule has 0 spiro atoms. The lowest BCUT2D eigenvalue weighted by molar-refractivity contribution is -0.135. The second-order valence-electron chi connectivity index (χ2n) is 13.1. The van der Waals surface area contributed by atoms with Gasteiger partial charge >= 0.3 is 0 Å². The molecule has 5 rings (SSSR count). The molecule has 2 aromatic rings. The SMILES string of the molecule is CC[C@](C)(O)CC[C@@]1(COC)CCC[C@@H]2[C@@H]1CC[C@]1(C)[C@@H](C(=O)Cn3cc4cc(F)ccc4n3)CC[C@@H]21. The summed E-state index contributed by atoms with van der Waals surface area (Å²) in [5, 5.41) is 16.1. The third kappa shape index (κ3) is 4.89. The molecule has 3 saturated carbocycles. The van der Waals surface area contributed by atoms with Gasteiger partial charge in [-0.05, 0) is 111 Å². The minimum absolute atomic E-state index is 0.0298. The van der Waals surface area contributed by atoms with Crippen molar-refractivity contribution in [2.45, 2.75) is 97.1 Å². The molecule has 37 heavy (non-hydrogen) atoms. The van der Waals surface area contributed by atoms with Crippen LogP contribution in [-0.2, 0) is 16.1 Å². The Hall–Kier alpha value is -1.79. The highest BCUT2D eigenvalue weighted by Crippen LogP contribution is 2.65. The van der Waals surface area contributed by atoms with Crippen LogP contribution in [0.3, 0.4) is 0 Å². The van der Waals surface area contributed by atoms with Gasteiger partial charge in [-0.25, -0.2) is 4.39 Å². The van der Waals surface area contributed by atoms with Crippen LogP contribution in [0.15, 0.2) is 24.4 Å². The summed E-state index contributed by atoms with van der Waals surface area (Å²) in [6.07, 6.45) is 12.4. The van der Waals surface area contributed by atoms with Crippen LogP contribution in [0.1, 0.15) is 85.0 Å². The Morgan fingerprint density at radius 2 is 2.05 bits per heavy atom. The standard InChI is InChI=1S/C31H45FN2O3/c1-5-29(2,36)15-16-31(20-37-4)13-6-7-23-24-9-10-26(30(24,3)14-12-25(23)31)28(35)19-34-18-21-17-22(32)8-11-27(21)33-34/h8,11,17-18,23-26,36H,5-7,9-10,12-16,19-20H2,1-4H3/t23-,24-,25-,26+,29-,30-,31+/m0/s1. The first-order chi connectivity index (χ1) is 17.6. The number of hydrogen-bond acceptors (Lipinski definition) is 4. The summed E-state index contributed by atoms with van der Waals surface area (Å²) in [5.41, 5.74) is 0.265. The number of Topliss-reactive ketones (excluding diaryl/α,β-unsaturated/α-hetero) is 1. The predicted octanol–water partition coefficient (Wildman–Crippen LogP) is 6.56. The molecule has 1 aromatic carbocycles. The van der Waals surface area contributed by atoms with E-state index in [1.807, 2.05) is 14.0 Å². The minimum atomic E-state index is -0.620. The average molecular weight is 513 g/mol. The van der Waals surface area contributed by atoms with Crippen LogP contribution in [0.2, 0.25) is 0 Å². The molecule has 0 saturated heterocycles. The maximum atomic E-state index is 13.7. The lowest BCUT2D eigenvalue weighted by atomic mass is 9.48. The third-order valence-electron chi connectivity index (χ3n) is 11.0. The van der Waals surface area contributed by atoms with E-state index in [1.165, 1.54) is 31.4 Å². The molecule has 7 atom stereocenters. The van der Waals surface area contributed by atoms with E-state index in [0.29, 0.717) is 17.8 Å². The Kier molecular flexibility index (Phi) is 7.29. The van der Waals surface area contributed by atoms with Crippen molar-refractivity contribution in [2.75, 3.05) is 13.7 Å². The molecule has 0 radical (unpaired) electrons. The molecule has 3 aliphatic rings. The van der Waals surface area contributed by atoms with Gasteiger partial charge in [0, 0.05) is 24.6 Å². The zero-order valence-electron chi connectivity index (χ0n) is 23.1. The highest BCUT2D eigenvalue weighted by molar-refractivity contribution is 5.83. The van der Waals surface area contributed by atoms with Crippen LogP contribution in [0.5, 0.6) is 0 Å². The molecule has 3 aliphatic carbocycles. The Balaban J connectivity index is 1.33. The number of methoxy groups -OCH3 is 1. The highest BCUT2D eigenvalue weighted by atomic mass is 19.1. The molecule has 204 valence electrons. The number of nitrogens with zero attached hydrogens (tertiary/aromatic N) is 2. The van der Waals surface area contributed by atoms with Crippen molar-refractivity contribution in [1.82, 2.24) is 9.78 Å². The number of hydrogen-bond donors (Lipinski definition) is 1. The lowest BCUT2D eigenvalue weighted by Gasteiger charge is -2.57. The lowest BCUT2D eigenvalue weighted by Crippen LogP contribution is -2.52. The number of halogens is 1. The maximum absolute atomic E-state index is 13.7. The first-order valence-corrected chi connectivity index (χ1v) is 14.5. The van der Waals surface area contributed by atoms with Gasteiger partial charge in [0.15, 0.2) is 5.78 Å². The van der Waals surface area contributed by atoms with Crippen molar-refractivity contribution in [2.24, 2.45) is 34.5 Å². The van der Waals surface area contributed by atoms with Gasteiger partial charge in [0.25, 0.3) is 0 Å². The Bertz CT molecular complexity index is 1120. The topological polar surface area (TPSA) is 64.3 Å². The zero-order valence-corrected chi connectivity index (χ0v) is 23.1. The molecule has 5 nitrogen and oxygen atoms in total. The summed E-state index contributed by atoms with van der Waals surface area (Å²) < 4.78 is 21.2. The van der Waals surface area contributed by atoms with E-state index in [4.69, 9.17) is 4.74 Å². The first kappa shape index (κ1) is 26.8. The second kappa shape index (κ2) is 10.1. The van der Waals surface area contributed by atoms with E-state index in [0.717, 1.165) is 62.5 Å². The van der Waals surface area contributed by atoms with Crippen LogP contribution in [0, 0.1) is 40.3 Å². The monoisotopic (exact) mass is 512 g/mol. The number of ether oxygens (including phenoxy) is 1. The van der Waals surface area contributed by atoms with Crippen LogP contribution in [0.25, 0.3) is 10.9 Å². The van der Waals surface area contributed by atoms with E-state index in [1.54, 1.807) is 16.9 Å². The van der Waals surface area contributed by atoms with Gasteiger partial charge in [-0.1, -0.05) is 20.3 Å². The molecule has 1 N–H and O–H groups in total. The quantitative estimate of drug-likeness (QED) is 0.413. The van der Waals surface area contributed by atoms with E-state index in [2.05, 4.69) is 18.9 Å². The van der Waals surface area contributed by atoms with Crippen molar-refractivity contribution in [1.29, 1.82) is 0 Å². The number of ketones is 1. The fourth-order valence-corrected chi connectivity index (χ4v) is 8.80. The number of carbonyl (C=O) groups is 1. The summed E-state index contributed by atoms with van der Waals surface area (Å²) in [6, 6.07) is 4.57. The predicted molar refractivity (Wildman–Crippen MR) is 144 cm³/mol. The first-order valence-electron chi connectivity index (χ1n) is 14.5. The van der Waals surface area contributed by atoms with Crippen molar-refractivity contribution in [3.8, 4) is 0 Å². The van der Waals surface area contributed by atoms with Crippen LogP contribution in [0.4, 0.5) is 4.39 Å². The van der Waals surface area contributed by atoms with Gasteiger partial charge in [-0.2, -0.15) is 5.10 Å². The largest absolute Gasteiger partial charge is 0.390 e.